The lowest BCUT2D eigenvalue weighted by Gasteiger charge is -2.34. The third-order valence-corrected chi connectivity index (χ3v) is 4.15. The molecular formula is C16H19N5O2. The van der Waals surface area contributed by atoms with Gasteiger partial charge in [0.15, 0.2) is 0 Å². The second-order valence-electron chi connectivity index (χ2n) is 5.69. The van der Waals surface area contributed by atoms with Crippen molar-refractivity contribution in [3.05, 3.63) is 42.0 Å². The van der Waals surface area contributed by atoms with E-state index in [0.717, 1.165) is 30.4 Å². The number of aryl methyl sites for hydroxylation is 1. The van der Waals surface area contributed by atoms with Crippen LogP contribution in [0.2, 0.25) is 0 Å². The molecule has 0 bridgehead atoms. The number of aromatic amines is 1. The van der Waals surface area contributed by atoms with E-state index >= 15 is 0 Å². The lowest BCUT2D eigenvalue weighted by Crippen LogP contribution is -2.44. The van der Waals surface area contributed by atoms with Gasteiger partial charge in [-0.25, -0.2) is 0 Å². The smallest absolute Gasteiger partial charge is 0.313 e. The highest BCUT2D eigenvalue weighted by Crippen LogP contribution is 2.30. The Morgan fingerprint density at radius 1 is 1.35 bits per heavy atom. The molecule has 1 saturated heterocycles. The number of H-pyrrole nitrogens is 1. The van der Waals surface area contributed by atoms with Gasteiger partial charge in [-0.3, -0.25) is 19.7 Å². The number of nitrogens with zero attached hydrogens (tertiary/aromatic N) is 3. The molecular weight excluding hydrogens is 294 g/mol. The number of hydrogen-bond acceptors (Lipinski definition) is 4. The Balaban J connectivity index is 1.75. The first-order chi connectivity index (χ1) is 11.2. The minimum absolute atomic E-state index is 0.101. The predicted octanol–water partition coefficient (Wildman–Crippen LogP) is 1.81. The first-order valence-electron chi connectivity index (χ1n) is 7.68. The topological polar surface area (TPSA) is 91.0 Å². The van der Waals surface area contributed by atoms with Crippen LogP contribution in [0.5, 0.6) is 0 Å². The van der Waals surface area contributed by atoms with Crippen molar-refractivity contribution in [2.75, 3.05) is 11.9 Å². The number of aromatic nitrogens is 3. The second kappa shape index (κ2) is 6.60. The molecule has 3 heterocycles. The zero-order chi connectivity index (χ0) is 16.2. The molecule has 2 amide bonds. The molecule has 1 fully saturated rings. The van der Waals surface area contributed by atoms with Crippen LogP contribution in [0.4, 0.5) is 5.69 Å². The Morgan fingerprint density at radius 2 is 2.22 bits per heavy atom. The number of nitrogens with one attached hydrogen (secondary N) is 2. The third-order valence-electron chi connectivity index (χ3n) is 4.15. The largest absolute Gasteiger partial charge is 0.327 e. The Kier molecular flexibility index (Phi) is 4.36. The highest BCUT2D eigenvalue weighted by atomic mass is 16.2. The quantitative estimate of drug-likeness (QED) is 0.827. The van der Waals surface area contributed by atoms with E-state index in [9.17, 15) is 9.59 Å². The monoisotopic (exact) mass is 313 g/mol. The van der Waals surface area contributed by atoms with E-state index in [1.807, 2.05) is 6.92 Å². The Morgan fingerprint density at radius 3 is 2.96 bits per heavy atom. The summed E-state index contributed by atoms with van der Waals surface area (Å²) >= 11 is 0. The number of carbonyl (C=O) groups excluding carboxylic acids is 2. The van der Waals surface area contributed by atoms with Gasteiger partial charge in [0, 0.05) is 24.5 Å². The van der Waals surface area contributed by atoms with E-state index < -0.39 is 11.8 Å². The summed E-state index contributed by atoms with van der Waals surface area (Å²) in [6.07, 6.45) is 9.45. The lowest BCUT2D eigenvalue weighted by atomic mass is 9.97. The molecule has 0 aromatic carbocycles. The van der Waals surface area contributed by atoms with Crippen molar-refractivity contribution >= 4 is 17.5 Å². The minimum atomic E-state index is -0.628. The number of likely N-dealkylation sites (tertiary alicyclic amines) is 1. The van der Waals surface area contributed by atoms with Gasteiger partial charge >= 0.3 is 11.8 Å². The lowest BCUT2D eigenvalue weighted by molar-refractivity contribution is -0.145. The van der Waals surface area contributed by atoms with Crippen LogP contribution in [-0.4, -0.2) is 38.4 Å². The number of hydrogen-bond donors (Lipinski definition) is 2. The number of pyridine rings is 1. The predicted molar refractivity (Wildman–Crippen MR) is 84.5 cm³/mol. The van der Waals surface area contributed by atoms with Crippen molar-refractivity contribution in [1.82, 2.24) is 20.1 Å². The molecule has 1 aliphatic rings. The minimum Gasteiger partial charge on any atom is -0.327 e. The summed E-state index contributed by atoms with van der Waals surface area (Å²) in [6.45, 7) is 2.44. The normalized spacial score (nSPS) is 17.8. The molecule has 120 valence electrons. The van der Waals surface area contributed by atoms with Gasteiger partial charge in [-0.15, -0.1) is 0 Å². The Hall–Kier alpha value is -2.70. The molecule has 23 heavy (non-hydrogen) atoms. The third kappa shape index (κ3) is 3.23. The van der Waals surface area contributed by atoms with Crippen molar-refractivity contribution < 1.29 is 9.59 Å². The summed E-state index contributed by atoms with van der Waals surface area (Å²) in [5.74, 6) is -1.14. The molecule has 0 unspecified atom stereocenters. The molecule has 1 aliphatic heterocycles. The van der Waals surface area contributed by atoms with Gasteiger partial charge < -0.3 is 10.2 Å². The standard InChI is InChI=1S/C16H19N5O2/c1-11-5-6-17-10-13(11)20-15(22)16(23)21-7-3-2-4-14(21)12-8-18-19-9-12/h5-6,8-10,14H,2-4,7H2,1H3,(H,18,19)(H,20,22)/t14-/m0/s1. The highest BCUT2D eigenvalue weighted by molar-refractivity contribution is 6.39. The number of rotatable bonds is 2. The fraction of sp³-hybridized carbons (Fsp3) is 0.375. The molecule has 0 saturated carbocycles. The molecule has 1 atom stereocenters. The van der Waals surface area contributed by atoms with E-state index in [-0.39, 0.29) is 6.04 Å². The Bertz CT molecular complexity index is 698. The van der Waals surface area contributed by atoms with Crippen LogP contribution in [0.15, 0.2) is 30.9 Å². The van der Waals surface area contributed by atoms with E-state index in [2.05, 4.69) is 20.5 Å². The zero-order valence-corrected chi connectivity index (χ0v) is 13.0. The van der Waals surface area contributed by atoms with Gasteiger partial charge in [0.2, 0.25) is 0 Å². The molecule has 7 heteroatoms. The van der Waals surface area contributed by atoms with E-state index in [0.29, 0.717) is 12.2 Å². The first-order valence-corrected chi connectivity index (χ1v) is 7.68. The molecule has 2 aromatic heterocycles. The zero-order valence-electron chi connectivity index (χ0n) is 13.0. The van der Waals surface area contributed by atoms with E-state index in [1.165, 1.54) is 0 Å². The summed E-state index contributed by atoms with van der Waals surface area (Å²) in [5.41, 5.74) is 2.36. The van der Waals surface area contributed by atoms with Crippen LogP contribution < -0.4 is 5.32 Å². The fourth-order valence-corrected chi connectivity index (χ4v) is 2.87. The number of carbonyl (C=O) groups is 2. The SMILES string of the molecule is Cc1ccncc1NC(=O)C(=O)N1CCCC[C@H]1c1cn[nH]c1. The van der Waals surface area contributed by atoms with Crippen LogP contribution in [0.25, 0.3) is 0 Å². The first kappa shape index (κ1) is 15.2. The molecule has 2 N–H and O–H groups in total. The van der Waals surface area contributed by atoms with Crippen molar-refractivity contribution in [3.8, 4) is 0 Å². The van der Waals surface area contributed by atoms with Gasteiger partial charge in [-0.05, 0) is 37.8 Å². The number of amides is 2. The van der Waals surface area contributed by atoms with Crippen molar-refractivity contribution in [3.63, 3.8) is 0 Å². The maximum atomic E-state index is 12.6. The average Bonchev–Trinajstić information content (AvgIpc) is 3.10. The molecule has 0 radical (unpaired) electrons. The van der Waals surface area contributed by atoms with Crippen molar-refractivity contribution in [2.45, 2.75) is 32.2 Å². The van der Waals surface area contributed by atoms with Gasteiger partial charge in [-0.1, -0.05) is 0 Å². The molecule has 2 aromatic rings. The molecule has 0 aliphatic carbocycles. The summed E-state index contributed by atoms with van der Waals surface area (Å²) in [5, 5.41) is 9.37. The van der Waals surface area contributed by atoms with Gasteiger partial charge in [0.05, 0.1) is 24.1 Å². The van der Waals surface area contributed by atoms with Crippen molar-refractivity contribution in [2.24, 2.45) is 0 Å². The van der Waals surface area contributed by atoms with Crippen LogP contribution in [0, 0.1) is 6.92 Å². The van der Waals surface area contributed by atoms with Crippen LogP contribution in [-0.2, 0) is 9.59 Å². The van der Waals surface area contributed by atoms with Gasteiger partial charge in [-0.2, -0.15) is 5.10 Å². The van der Waals surface area contributed by atoms with Gasteiger partial charge in [0.1, 0.15) is 0 Å². The second-order valence-corrected chi connectivity index (χ2v) is 5.69. The van der Waals surface area contributed by atoms with E-state index in [4.69, 9.17) is 0 Å². The molecule has 7 nitrogen and oxygen atoms in total. The summed E-state index contributed by atoms with van der Waals surface area (Å²) in [4.78, 5) is 30.5. The summed E-state index contributed by atoms with van der Waals surface area (Å²) in [6, 6.07) is 1.69. The number of piperidine rings is 1. The fourth-order valence-electron chi connectivity index (χ4n) is 2.87. The van der Waals surface area contributed by atoms with E-state index in [1.54, 1.807) is 35.8 Å². The van der Waals surface area contributed by atoms with Gasteiger partial charge in [0.25, 0.3) is 0 Å². The maximum absolute atomic E-state index is 12.6. The number of anilines is 1. The molecule has 3 rings (SSSR count). The molecule has 0 spiro atoms. The van der Waals surface area contributed by atoms with Crippen molar-refractivity contribution in [1.29, 1.82) is 0 Å². The van der Waals surface area contributed by atoms with Crippen LogP contribution in [0.3, 0.4) is 0 Å². The summed E-state index contributed by atoms with van der Waals surface area (Å²) in [7, 11) is 0. The maximum Gasteiger partial charge on any atom is 0.313 e. The Labute approximate surface area is 134 Å². The van der Waals surface area contributed by atoms with Crippen LogP contribution >= 0.6 is 0 Å². The average molecular weight is 313 g/mol. The van der Waals surface area contributed by atoms with Crippen LogP contribution in [0.1, 0.15) is 36.4 Å². The highest BCUT2D eigenvalue weighted by Gasteiger charge is 2.32. The summed E-state index contributed by atoms with van der Waals surface area (Å²) < 4.78 is 0.